The molecular formula is C39H48O6. The van der Waals surface area contributed by atoms with E-state index in [-0.39, 0.29) is 19.8 Å². The summed E-state index contributed by atoms with van der Waals surface area (Å²) in [7, 11) is 0. The summed E-state index contributed by atoms with van der Waals surface area (Å²) in [6.07, 6.45) is 4.79. The lowest BCUT2D eigenvalue weighted by Gasteiger charge is -2.20. The van der Waals surface area contributed by atoms with Gasteiger partial charge in [0.25, 0.3) is 0 Å². The minimum absolute atomic E-state index is 0.114. The average Bonchev–Trinajstić information content (AvgIpc) is 3.03. The standard InChI is InChI=1S/C39H48O6/c1-7-30-24-32(31-16-14-29(6)15-17-31)18-19-36(30)35-25-33(12-10-22-44-38(41)27(2)3)37(43-21-9-8-20-40)34(26-35)13-11-23-45-39(42)28(4)5/h14-19,24-26,40H,2,4,7-13,20-23H2,1,3,5-6H3. The number of rotatable bonds is 18. The van der Waals surface area contributed by atoms with Gasteiger partial charge in [-0.05, 0) is 117 Å². The number of carbonyl (C=O) groups excluding carboxylic acids is 2. The van der Waals surface area contributed by atoms with E-state index in [1.54, 1.807) is 13.8 Å². The minimum Gasteiger partial charge on any atom is -0.493 e. The van der Waals surface area contributed by atoms with Crippen LogP contribution in [0.2, 0.25) is 0 Å². The highest BCUT2D eigenvalue weighted by molar-refractivity contribution is 5.87. The molecule has 3 aromatic rings. The lowest BCUT2D eigenvalue weighted by molar-refractivity contribution is -0.139. The van der Waals surface area contributed by atoms with Crippen LogP contribution in [-0.2, 0) is 38.3 Å². The monoisotopic (exact) mass is 612 g/mol. The Morgan fingerprint density at radius 3 is 1.73 bits per heavy atom. The number of aliphatic hydroxyl groups is 1. The molecule has 3 rings (SSSR count). The van der Waals surface area contributed by atoms with Gasteiger partial charge in [-0.3, -0.25) is 0 Å². The van der Waals surface area contributed by atoms with E-state index in [4.69, 9.17) is 14.2 Å². The number of hydrogen-bond donors (Lipinski definition) is 1. The quantitative estimate of drug-likeness (QED) is 0.0887. The minimum atomic E-state index is -0.393. The molecule has 0 saturated carbocycles. The van der Waals surface area contributed by atoms with Crippen molar-refractivity contribution in [1.82, 2.24) is 0 Å². The van der Waals surface area contributed by atoms with Crippen molar-refractivity contribution in [2.45, 2.75) is 72.6 Å². The highest BCUT2D eigenvalue weighted by atomic mass is 16.5. The zero-order valence-electron chi connectivity index (χ0n) is 27.4. The molecule has 3 aromatic carbocycles. The zero-order valence-corrected chi connectivity index (χ0v) is 27.4. The van der Waals surface area contributed by atoms with Crippen molar-refractivity contribution in [1.29, 1.82) is 0 Å². The summed E-state index contributed by atoms with van der Waals surface area (Å²) in [5.41, 5.74) is 9.89. The molecule has 240 valence electrons. The van der Waals surface area contributed by atoms with E-state index in [1.165, 1.54) is 22.3 Å². The van der Waals surface area contributed by atoms with Gasteiger partial charge in [-0.1, -0.05) is 68.1 Å². The van der Waals surface area contributed by atoms with E-state index in [1.807, 2.05) is 0 Å². The molecule has 0 aliphatic rings. The van der Waals surface area contributed by atoms with Crippen molar-refractivity contribution in [3.8, 4) is 28.0 Å². The first-order chi connectivity index (χ1) is 21.6. The summed E-state index contributed by atoms with van der Waals surface area (Å²) >= 11 is 0. The van der Waals surface area contributed by atoms with Gasteiger partial charge in [-0.25, -0.2) is 9.59 Å². The molecule has 0 atom stereocenters. The molecule has 0 aliphatic carbocycles. The van der Waals surface area contributed by atoms with Gasteiger partial charge in [0.1, 0.15) is 5.75 Å². The van der Waals surface area contributed by atoms with E-state index in [0.29, 0.717) is 49.9 Å². The lowest BCUT2D eigenvalue weighted by atomic mass is 9.90. The van der Waals surface area contributed by atoms with Crippen molar-refractivity contribution in [3.63, 3.8) is 0 Å². The van der Waals surface area contributed by atoms with Crippen molar-refractivity contribution in [2.24, 2.45) is 0 Å². The normalized spacial score (nSPS) is 10.8. The Morgan fingerprint density at radius 2 is 1.22 bits per heavy atom. The fraction of sp³-hybridized carbons (Fsp3) is 0.385. The van der Waals surface area contributed by atoms with Gasteiger partial charge in [-0.2, -0.15) is 0 Å². The van der Waals surface area contributed by atoms with Gasteiger partial charge < -0.3 is 19.3 Å². The van der Waals surface area contributed by atoms with Crippen LogP contribution in [0, 0.1) is 6.92 Å². The highest BCUT2D eigenvalue weighted by Gasteiger charge is 2.17. The second-order valence-corrected chi connectivity index (χ2v) is 11.5. The second-order valence-electron chi connectivity index (χ2n) is 11.5. The number of aryl methyl sites for hydroxylation is 4. The smallest absolute Gasteiger partial charge is 0.333 e. The lowest BCUT2D eigenvalue weighted by Crippen LogP contribution is -2.10. The van der Waals surface area contributed by atoms with Crippen LogP contribution in [0.4, 0.5) is 0 Å². The highest BCUT2D eigenvalue weighted by Crippen LogP contribution is 2.36. The molecule has 1 N–H and O–H groups in total. The SMILES string of the molecule is C=C(C)C(=O)OCCCc1cc(-c2ccc(-c3ccc(C)cc3)cc2CC)cc(CCCOC(=O)C(=C)C)c1OCCCCO. The maximum absolute atomic E-state index is 12.0. The van der Waals surface area contributed by atoms with Crippen LogP contribution in [0.1, 0.15) is 68.7 Å². The summed E-state index contributed by atoms with van der Waals surface area (Å²) < 4.78 is 17.1. The number of carbonyl (C=O) groups is 2. The molecule has 0 aromatic heterocycles. The Hall–Kier alpha value is -4.16. The molecule has 0 saturated heterocycles. The molecule has 6 nitrogen and oxygen atoms in total. The van der Waals surface area contributed by atoms with Gasteiger partial charge in [0.05, 0.1) is 19.8 Å². The molecule has 0 heterocycles. The van der Waals surface area contributed by atoms with Gasteiger partial charge in [0.15, 0.2) is 0 Å². The fourth-order valence-electron chi connectivity index (χ4n) is 5.05. The van der Waals surface area contributed by atoms with Gasteiger partial charge in [-0.15, -0.1) is 0 Å². The van der Waals surface area contributed by atoms with Gasteiger partial charge in [0.2, 0.25) is 0 Å². The van der Waals surface area contributed by atoms with E-state index in [2.05, 4.69) is 81.6 Å². The van der Waals surface area contributed by atoms with E-state index < -0.39 is 11.9 Å². The third kappa shape index (κ3) is 10.8. The fourth-order valence-corrected chi connectivity index (χ4v) is 5.05. The van der Waals surface area contributed by atoms with Crippen LogP contribution in [0.3, 0.4) is 0 Å². The largest absolute Gasteiger partial charge is 0.493 e. The van der Waals surface area contributed by atoms with Crippen molar-refractivity contribution in [2.75, 3.05) is 26.4 Å². The number of benzene rings is 3. The third-order valence-electron chi connectivity index (χ3n) is 7.57. The van der Waals surface area contributed by atoms with Crippen LogP contribution < -0.4 is 4.74 Å². The Bertz CT molecular complexity index is 1410. The van der Waals surface area contributed by atoms with Crippen LogP contribution in [0.15, 0.2) is 78.9 Å². The molecule has 6 heteroatoms. The molecule has 0 spiro atoms. The Balaban J connectivity index is 2.01. The summed E-state index contributed by atoms with van der Waals surface area (Å²) in [6.45, 7) is 16.0. The molecule has 0 amide bonds. The number of esters is 2. The van der Waals surface area contributed by atoms with Crippen molar-refractivity contribution < 1.29 is 28.9 Å². The first-order valence-electron chi connectivity index (χ1n) is 15.9. The predicted octanol–water partition coefficient (Wildman–Crippen LogP) is 8.15. The maximum atomic E-state index is 12.0. The van der Waals surface area contributed by atoms with Gasteiger partial charge in [0, 0.05) is 17.8 Å². The average molecular weight is 613 g/mol. The Labute approximate surface area is 268 Å². The topological polar surface area (TPSA) is 82.1 Å². The molecule has 0 unspecified atom stereocenters. The van der Waals surface area contributed by atoms with Crippen molar-refractivity contribution >= 4 is 11.9 Å². The first kappa shape index (κ1) is 35.3. The Kier molecular flexibility index (Phi) is 14.1. The van der Waals surface area contributed by atoms with E-state index in [0.717, 1.165) is 40.8 Å². The molecule has 0 fully saturated rings. The van der Waals surface area contributed by atoms with Crippen LogP contribution in [0.5, 0.6) is 5.75 Å². The zero-order chi connectivity index (χ0) is 32.8. The molecular weight excluding hydrogens is 564 g/mol. The summed E-state index contributed by atoms with van der Waals surface area (Å²) in [6, 6.07) is 19.6. The van der Waals surface area contributed by atoms with E-state index >= 15 is 0 Å². The number of aliphatic hydroxyl groups excluding tert-OH is 1. The maximum Gasteiger partial charge on any atom is 0.333 e. The van der Waals surface area contributed by atoms with Crippen LogP contribution in [0.25, 0.3) is 22.3 Å². The first-order valence-corrected chi connectivity index (χ1v) is 15.9. The summed E-state index contributed by atoms with van der Waals surface area (Å²) in [5.74, 6) is 0.0226. The van der Waals surface area contributed by atoms with E-state index in [9.17, 15) is 14.7 Å². The number of ether oxygens (including phenoxy) is 3. The van der Waals surface area contributed by atoms with Crippen molar-refractivity contribution in [3.05, 3.63) is 101 Å². The number of unbranched alkanes of at least 4 members (excludes halogenated alkanes) is 1. The third-order valence-corrected chi connectivity index (χ3v) is 7.57. The second kappa shape index (κ2) is 18.0. The molecule has 0 bridgehead atoms. The number of hydrogen-bond acceptors (Lipinski definition) is 6. The summed E-state index contributed by atoms with van der Waals surface area (Å²) in [5, 5.41) is 9.29. The Morgan fingerprint density at radius 1 is 0.689 bits per heavy atom. The predicted molar refractivity (Wildman–Crippen MR) is 181 cm³/mol. The molecule has 45 heavy (non-hydrogen) atoms. The summed E-state index contributed by atoms with van der Waals surface area (Å²) in [4.78, 5) is 23.9. The molecule has 0 radical (unpaired) electrons. The molecule has 0 aliphatic heterocycles. The van der Waals surface area contributed by atoms with Crippen LogP contribution >= 0.6 is 0 Å². The van der Waals surface area contributed by atoms with Crippen LogP contribution in [-0.4, -0.2) is 43.5 Å². The van der Waals surface area contributed by atoms with Gasteiger partial charge >= 0.3 is 11.9 Å².